The number of hydrogen-bond acceptors (Lipinski definition) is 3. The number of imide groups is 1. The van der Waals surface area contributed by atoms with Gasteiger partial charge in [-0.05, 0) is 31.9 Å². The summed E-state index contributed by atoms with van der Waals surface area (Å²) in [6.45, 7) is 3.82. The molecule has 114 valence electrons. The summed E-state index contributed by atoms with van der Waals surface area (Å²) >= 11 is 0. The van der Waals surface area contributed by atoms with Gasteiger partial charge in [-0.15, -0.1) is 0 Å². The highest BCUT2D eigenvalue weighted by atomic mass is 16.2. The van der Waals surface area contributed by atoms with Crippen molar-refractivity contribution in [1.29, 1.82) is 0 Å². The Kier molecular flexibility index (Phi) is 5.11. The van der Waals surface area contributed by atoms with E-state index in [4.69, 9.17) is 0 Å². The number of benzene rings is 1. The van der Waals surface area contributed by atoms with Crippen molar-refractivity contribution in [2.45, 2.75) is 45.6 Å². The van der Waals surface area contributed by atoms with Crippen molar-refractivity contribution in [2.75, 3.05) is 0 Å². The molecule has 1 heterocycles. The van der Waals surface area contributed by atoms with E-state index in [1.54, 1.807) is 25.1 Å². The van der Waals surface area contributed by atoms with Crippen LogP contribution < -0.4 is 0 Å². The van der Waals surface area contributed by atoms with Crippen molar-refractivity contribution in [3.8, 4) is 11.8 Å². The number of unbranched alkanes of at least 4 members (excludes halogenated alkanes) is 1. The Morgan fingerprint density at radius 2 is 2.05 bits per heavy atom. The van der Waals surface area contributed by atoms with Crippen LogP contribution in [0.1, 0.15) is 65.8 Å². The average Bonchev–Trinajstić information content (AvgIpc) is 2.77. The van der Waals surface area contributed by atoms with Gasteiger partial charge in [0.1, 0.15) is 6.29 Å². The number of hydrogen-bond donors (Lipinski definition) is 0. The molecule has 0 aromatic heterocycles. The fourth-order valence-corrected chi connectivity index (χ4v) is 2.53. The molecule has 1 aromatic rings. The Balaban J connectivity index is 2.36. The van der Waals surface area contributed by atoms with E-state index >= 15 is 0 Å². The minimum absolute atomic E-state index is 0.294. The zero-order chi connectivity index (χ0) is 16.1. The normalized spacial score (nSPS) is 14.4. The maximum absolute atomic E-state index is 12.6. The van der Waals surface area contributed by atoms with Crippen molar-refractivity contribution in [3.05, 3.63) is 34.9 Å². The fourth-order valence-electron chi connectivity index (χ4n) is 2.53. The van der Waals surface area contributed by atoms with Crippen LogP contribution in [0.2, 0.25) is 0 Å². The van der Waals surface area contributed by atoms with E-state index in [1.807, 2.05) is 6.92 Å². The topological polar surface area (TPSA) is 54.5 Å². The smallest absolute Gasteiger partial charge is 0.263 e. The maximum Gasteiger partial charge on any atom is 0.263 e. The zero-order valence-electron chi connectivity index (χ0n) is 12.9. The van der Waals surface area contributed by atoms with Crippen molar-refractivity contribution < 1.29 is 14.4 Å². The van der Waals surface area contributed by atoms with Crippen LogP contribution >= 0.6 is 0 Å². The van der Waals surface area contributed by atoms with E-state index < -0.39 is 0 Å². The summed E-state index contributed by atoms with van der Waals surface area (Å²) in [7, 11) is 0. The predicted octanol–water partition coefficient (Wildman–Crippen LogP) is 2.80. The van der Waals surface area contributed by atoms with Gasteiger partial charge in [-0.3, -0.25) is 14.5 Å². The molecule has 0 radical (unpaired) electrons. The van der Waals surface area contributed by atoms with Gasteiger partial charge in [0.15, 0.2) is 0 Å². The van der Waals surface area contributed by atoms with Crippen LogP contribution in [0, 0.1) is 11.8 Å². The second-order valence-electron chi connectivity index (χ2n) is 5.35. The molecule has 0 spiro atoms. The molecule has 1 aliphatic heterocycles. The third-order valence-corrected chi connectivity index (χ3v) is 3.69. The summed E-state index contributed by atoms with van der Waals surface area (Å²) in [4.78, 5) is 36.8. The monoisotopic (exact) mass is 297 g/mol. The van der Waals surface area contributed by atoms with Crippen molar-refractivity contribution in [2.24, 2.45) is 0 Å². The summed E-state index contributed by atoms with van der Waals surface area (Å²) in [5.74, 6) is 5.41. The van der Waals surface area contributed by atoms with Gasteiger partial charge in [-0.25, -0.2) is 0 Å². The lowest BCUT2D eigenvalue weighted by molar-refractivity contribution is -0.108. The van der Waals surface area contributed by atoms with Crippen molar-refractivity contribution >= 4 is 18.1 Å². The minimum Gasteiger partial charge on any atom is -0.303 e. The Labute approximate surface area is 130 Å². The second-order valence-corrected chi connectivity index (χ2v) is 5.35. The Hall–Kier alpha value is -2.41. The lowest BCUT2D eigenvalue weighted by atomic mass is 10.0. The molecule has 0 fully saturated rings. The van der Waals surface area contributed by atoms with Gasteiger partial charge in [0.2, 0.25) is 0 Å². The van der Waals surface area contributed by atoms with E-state index in [0.29, 0.717) is 29.5 Å². The SMILES string of the molecule is CCCC#Cc1cccc2c1C(=O)N(C(C)CCC=O)C2=O. The van der Waals surface area contributed by atoms with Crippen LogP contribution in [0.4, 0.5) is 0 Å². The lowest BCUT2D eigenvalue weighted by Crippen LogP contribution is -2.38. The van der Waals surface area contributed by atoms with Gasteiger partial charge in [0, 0.05) is 24.4 Å². The molecule has 0 saturated heterocycles. The van der Waals surface area contributed by atoms with E-state index in [-0.39, 0.29) is 17.9 Å². The summed E-state index contributed by atoms with van der Waals surface area (Å²) < 4.78 is 0. The highest BCUT2D eigenvalue weighted by Crippen LogP contribution is 2.28. The third-order valence-electron chi connectivity index (χ3n) is 3.69. The first-order chi connectivity index (χ1) is 10.6. The Morgan fingerprint density at radius 1 is 1.27 bits per heavy atom. The largest absolute Gasteiger partial charge is 0.303 e. The first kappa shape index (κ1) is 16.0. The molecular formula is C18H19NO3. The molecule has 4 nitrogen and oxygen atoms in total. The highest BCUT2D eigenvalue weighted by molar-refractivity contribution is 6.22. The first-order valence-electron chi connectivity index (χ1n) is 7.55. The van der Waals surface area contributed by atoms with Crippen LogP contribution in [-0.4, -0.2) is 29.0 Å². The number of amides is 2. The standard InChI is InChI=1S/C18H19NO3/c1-3-4-5-9-14-10-6-11-15-16(14)18(22)19(17(15)21)13(2)8-7-12-20/h6,10-13H,3-4,7-8H2,1-2H3. The van der Waals surface area contributed by atoms with E-state index in [9.17, 15) is 14.4 Å². The maximum atomic E-state index is 12.6. The number of aldehydes is 1. The lowest BCUT2D eigenvalue weighted by Gasteiger charge is -2.21. The van der Waals surface area contributed by atoms with Crippen molar-refractivity contribution in [1.82, 2.24) is 4.90 Å². The summed E-state index contributed by atoms with van der Waals surface area (Å²) in [5.41, 5.74) is 1.41. The molecular weight excluding hydrogens is 278 g/mol. The Bertz CT molecular complexity index is 667. The molecule has 0 aliphatic carbocycles. The van der Waals surface area contributed by atoms with Gasteiger partial charge < -0.3 is 4.79 Å². The van der Waals surface area contributed by atoms with Crippen LogP contribution in [0.25, 0.3) is 0 Å². The molecule has 22 heavy (non-hydrogen) atoms. The van der Waals surface area contributed by atoms with Crippen LogP contribution in [0.3, 0.4) is 0 Å². The fraction of sp³-hybridized carbons (Fsp3) is 0.389. The molecule has 0 saturated carbocycles. The molecule has 1 atom stereocenters. The van der Waals surface area contributed by atoms with Gasteiger partial charge in [0.25, 0.3) is 11.8 Å². The van der Waals surface area contributed by atoms with E-state index in [0.717, 1.165) is 19.1 Å². The highest BCUT2D eigenvalue weighted by Gasteiger charge is 2.39. The van der Waals surface area contributed by atoms with Gasteiger partial charge in [-0.1, -0.05) is 24.8 Å². The summed E-state index contributed by atoms with van der Waals surface area (Å²) in [6.07, 6.45) is 3.31. The molecule has 0 N–H and O–H groups in total. The molecule has 2 amide bonds. The van der Waals surface area contributed by atoms with Crippen LogP contribution in [0.15, 0.2) is 18.2 Å². The molecule has 1 unspecified atom stereocenters. The zero-order valence-corrected chi connectivity index (χ0v) is 12.9. The van der Waals surface area contributed by atoms with Crippen molar-refractivity contribution in [3.63, 3.8) is 0 Å². The Morgan fingerprint density at radius 3 is 2.73 bits per heavy atom. The summed E-state index contributed by atoms with van der Waals surface area (Å²) in [5, 5.41) is 0. The summed E-state index contributed by atoms with van der Waals surface area (Å²) in [6, 6.07) is 4.88. The first-order valence-corrected chi connectivity index (χ1v) is 7.55. The average molecular weight is 297 g/mol. The third kappa shape index (κ3) is 2.94. The predicted molar refractivity (Wildman–Crippen MR) is 83.5 cm³/mol. The van der Waals surface area contributed by atoms with Gasteiger partial charge >= 0.3 is 0 Å². The van der Waals surface area contributed by atoms with Crippen LogP contribution in [0.5, 0.6) is 0 Å². The molecule has 1 aliphatic rings. The van der Waals surface area contributed by atoms with E-state index in [1.165, 1.54) is 4.90 Å². The van der Waals surface area contributed by atoms with Crippen LogP contribution in [-0.2, 0) is 4.79 Å². The van der Waals surface area contributed by atoms with E-state index in [2.05, 4.69) is 11.8 Å². The molecule has 4 heteroatoms. The number of rotatable bonds is 5. The minimum atomic E-state index is -0.306. The number of carbonyl (C=O) groups is 3. The molecule has 2 rings (SSSR count). The van der Waals surface area contributed by atoms with Gasteiger partial charge in [0.05, 0.1) is 11.1 Å². The number of nitrogens with zero attached hydrogens (tertiary/aromatic N) is 1. The molecule has 0 bridgehead atoms. The number of fused-ring (bicyclic) bond motifs is 1. The van der Waals surface area contributed by atoms with Gasteiger partial charge in [-0.2, -0.15) is 0 Å². The quantitative estimate of drug-likeness (QED) is 0.477. The molecule has 1 aromatic carbocycles. The second kappa shape index (κ2) is 7.04. The number of carbonyl (C=O) groups excluding carboxylic acids is 3.